The smallest absolute Gasteiger partial charge is 0.0889 e. The number of aromatic nitrogens is 1. The summed E-state index contributed by atoms with van der Waals surface area (Å²) in [6, 6.07) is 5.79. The number of pyridine rings is 1. The summed E-state index contributed by atoms with van der Waals surface area (Å²) in [5.74, 6) is 0. The SMILES string of the molecule is CCCCCCCCCCCCCC(O)COCc1ccccn1. The molecule has 0 bridgehead atoms. The number of aliphatic hydroxyl groups excluding tert-OH is 1. The van der Waals surface area contributed by atoms with E-state index in [2.05, 4.69) is 11.9 Å². The van der Waals surface area contributed by atoms with Gasteiger partial charge >= 0.3 is 0 Å². The van der Waals surface area contributed by atoms with Crippen molar-refractivity contribution in [2.45, 2.75) is 96.7 Å². The molecule has 24 heavy (non-hydrogen) atoms. The van der Waals surface area contributed by atoms with Crippen molar-refractivity contribution >= 4 is 0 Å². The van der Waals surface area contributed by atoms with Gasteiger partial charge in [0.15, 0.2) is 0 Å². The summed E-state index contributed by atoms with van der Waals surface area (Å²) in [6.45, 7) is 3.16. The first-order chi connectivity index (χ1) is 11.8. The van der Waals surface area contributed by atoms with Gasteiger partial charge in [-0.3, -0.25) is 4.98 Å². The van der Waals surface area contributed by atoms with E-state index < -0.39 is 0 Å². The molecule has 3 nitrogen and oxygen atoms in total. The van der Waals surface area contributed by atoms with Gasteiger partial charge in [-0.2, -0.15) is 0 Å². The van der Waals surface area contributed by atoms with Crippen molar-refractivity contribution in [2.75, 3.05) is 6.61 Å². The van der Waals surface area contributed by atoms with Crippen molar-refractivity contribution < 1.29 is 9.84 Å². The Labute approximate surface area is 148 Å². The summed E-state index contributed by atoms with van der Waals surface area (Å²) in [7, 11) is 0. The number of hydrogen-bond acceptors (Lipinski definition) is 3. The lowest BCUT2D eigenvalue weighted by atomic mass is 10.0. The summed E-state index contributed by atoms with van der Waals surface area (Å²) in [4.78, 5) is 4.20. The first-order valence-electron chi connectivity index (χ1n) is 9.98. The van der Waals surface area contributed by atoms with Gasteiger partial charge in [-0.25, -0.2) is 0 Å². The Morgan fingerprint density at radius 3 is 2.12 bits per heavy atom. The Morgan fingerprint density at radius 2 is 1.54 bits per heavy atom. The van der Waals surface area contributed by atoms with Crippen molar-refractivity contribution in [2.24, 2.45) is 0 Å². The van der Waals surface area contributed by atoms with Gasteiger partial charge in [0.25, 0.3) is 0 Å². The normalized spacial score (nSPS) is 12.4. The summed E-state index contributed by atoms with van der Waals surface area (Å²) in [6.07, 6.45) is 17.0. The summed E-state index contributed by atoms with van der Waals surface area (Å²) >= 11 is 0. The maximum absolute atomic E-state index is 9.93. The molecule has 0 aliphatic carbocycles. The third-order valence-corrected chi connectivity index (χ3v) is 4.43. The van der Waals surface area contributed by atoms with E-state index in [0.717, 1.165) is 18.5 Å². The van der Waals surface area contributed by atoms with Crippen LogP contribution < -0.4 is 0 Å². The highest BCUT2D eigenvalue weighted by Crippen LogP contribution is 2.12. The molecule has 0 saturated heterocycles. The van der Waals surface area contributed by atoms with Crippen LogP contribution in [0.25, 0.3) is 0 Å². The van der Waals surface area contributed by atoms with Crippen LogP contribution in [-0.4, -0.2) is 22.8 Å². The fraction of sp³-hybridized carbons (Fsp3) is 0.762. The predicted octanol–water partition coefficient (Wildman–Crippen LogP) is 5.66. The molecule has 0 aliphatic rings. The molecule has 1 N–H and O–H groups in total. The van der Waals surface area contributed by atoms with Gasteiger partial charge in [0.05, 0.1) is 25.0 Å². The molecule has 0 aliphatic heterocycles. The maximum Gasteiger partial charge on any atom is 0.0889 e. The van der Waals surface area contributed by atoms with Gasteiger partial charge in [-0.05, 0) is 18.6 Å². The number of aliphatic hydroxyl groups is 1. The zero-order valence-electron chi connectivity index (χ0n) is 15.6. The highest BCUT2D eigenvalue weighted by Gasteiger charge is 2.04. The van der Waals surface area contributed by atoms with E-state index in [1.54, 1.807) is 6.20 Å². The zero-order chi connectivity index (χ0) is 17.3. The molecule has 3 heteroatoms. The van der Waals surface area contributed by atoms with E-state index in [1.807, 2.05) is 18.2 Å². The van der Waals surface area contributed by atoms with Crippen molar-refractivity contribution in [1.82, 2.24) is 4.98 Å². The molecule has 138 valence electrons. The summed E-state index contributed by atoms with van der Waals surface area (Å²) in [5, 5.41) is 9.93. The molecular weight excluding hydrogens is 298 g/mol. The highest BCUT2D eigenvalue weighted by atomic mass is 16.5. The van der Waals surface area contributed by atoms with E-state index >= 15 is 0 Å². The number of unbranched alkanes of at least 4 members (excludes halogenated alkanes) is 10. The van der Waals surface area contributed by atoms with Gasteiger partial charge < -0.3 is 9.84 Å². The van der Waals surface area contributed by atoms with Crippen LogP contribution in [0.15, 0.2) is 24.4 Å². The first kappa shape index (κ1) is 21.1. The highest BCUT2D eigenvalue weighted by molar-refractivity contribution is 5.01. The van der Waals surface area contributed by atoms with Crippen LogP contribution in [0, 0.1) is 0 Å². The number of hydrogen-bond donors (Lipinski definition) is 1. The Hall–Kier alpha value is -0.930. The minimum atomic E-state index is -0.340. The molecule has 1 aromatic heterocycles. The van der Waals surface area contributed by atoms with Crippen LogP contribution in [-0.2, 0) is 11.3 Å². The first-order valence-corrected chi connectivity index (χ1v) is 9.98. The average Bonchev–Trinajstić information content (AvgIpc) is 2.60. The van der Waals surface area contributed by atoms with Crippen LogP contribution in [0.4, 0.5) is 0 Å². The van der Waals surface area contributed by atoms with Crippen LogP contribution in [0.3, 0.4) is 0 Å². The van der Waals surface area contributed by atoms with Gasteiger partial charge in [-0.15, -0.1) is 0 Å². The van der Waals surface area contributed by atoms with E-state index in [9.17, 15) is 5.11 Å². The molecule has 0 aromatic carbocycles. The van der Waals surface area contributed by atoms with Crippen LogP contribution in [0.2, 0.25) is 0 Å². The molecular formula is C21H37NO2. The Kier molecular flexibility index (Phi) is 13.7. The molecule has 1 heterocycles. The lowest BCUT2D eigenvalue weighted by Gasteiger charge is -2.11. The molecule has 1 atom stereocenters. The Balaban J connectivity index is 1.82. The second kappa shape index (κ2) is 15.6. The standard InChI is InChI=1S/C21H37NO2/c1-2-3-4-5-6-7-8-9-10-11-12-16-21(23)19-24-18-20-15-13-14-17-22-20/h13-15,17,21,23H,2-12,16,18-19H2,1H3. The van der Waals surface area contributed by atoms with E-state index in [4.69, 9.17) is 4.74 Å². The summed E-state index contributed by atoms with van der Waals surface area (Å²) < 4.78 is 5.52. The van der Waals surface area contributed by atoms with Crippen molar-refractivity contribution in [3.63, 3.8) is 0 Å². The zero-order valence-corrected chi connectivity index (χ0v) is 15.6. The molecule has 0 amide bonds. The molecule has 1 unspecified atom stereocenters. The van der Waals surface area contributed by atoms with Gasteiger partial charge in [0, 0.05) is 6.20 Å². The second-order valence-electron chi connectivity index (χ2n) is 6.81. The largest absolute Gasteiger partial charge is 0.391 e. The van der Waals surface area contributed by atoms with E-state index in [1.165, 1.54) is 64.2 Å². The van der Waals surface area contributed by atoms with Gasteiger partial charge in [0.1, 0.15) is 0 Å². The predicted molar refractivity (Wildman–Crippen MR) is 101 cm³/mol. The average molecular weight is 336 g/mol. The third-order valence-electron chi connectivity index (χ3n) is 4.43. The molecule has 1 aromatic rings. The lowest BCUT2D eigenvalue weighted by molar-refractivity contribution is 0.0222. The minimum Gasteiger partial charge on any atom is -0.391 e. The molecule has 0 fully saturated rings. The van der Waals surface area contributed by atoms with Gasteiger partial charge in [0.2, 0.25) is 0 Å². The lowest BCUT2D eigenvalue weighted by Crippen LogP contribution is -2.15. The van der Waals surface area contributed by atoms with Crippen LogP contribution >= 0.6 is 0 Å². The third kappa shape index (κ3) is 12.5. The fourth-order valence-corrected chi connectivity index (χ4v) is 2.91. The van der Waals surface area contributed by atoms with Gasteiger partial charge in [-0.1, -0.05) is 83.6 Å². The Morgan fingerprint density at radius 1 is 0.917 bits per heavy atom. The van der Waals surface area contributed by atoms with Crippen molar-refractivity contribution in [3.8, 4) is 0 Å². The second-order valence-corrected chi connectivity index (χ2v) is 6.81. The maximum atomic E-state index is 9.93. The molecule has 0 saturated carbocycles. The number of nitrogens with zero attached hydrogens (tertiary/aromatic N) is 1. The molecule has 0 radical (unpaired) electrons. The molecule has 0 spiro atoms. The summed E-state index contributed by atoms with van der Waals surface area (Å²) in [5.41, 5.74) is 0.916. The van der Waals surface area contributed by atoms with Crippen LogP contribution in [0.5, 0.6) is 0 Å². The topological polar surface area (TPSA) is 42.4 Å². The number of ether oxygens (including phenoxy) is 1. The monoisotopic (exact) mass is 335 g/mol. The van der Waals surface area contributed by atoms with Crippen LogP contribution in [0.1, 0.15) is 89.7 Å². The minimum absolute atomic E-state index is 0.340. The molecule has 1 rings (SSSR count). The van der Waals surface area contributed by atoms with Crippen molar-refractivity contribution in [3.05, 3.63) is 30.1 Å². The van der Waals surface area contributed by atoms with Crippen molar-refractivity contribution in [1.29, 1.82) is 0 Å². The van der Waals surface area contributed by atoms with E-state index in [-0.39, 0.29) is 6.10 Å². The fourth-order valence-electron chi connectivity index (χ4n) is 2.91. The van der Waals surface area contributed by atoms with E-state index in [0.29, 0.717) is 13.2 Å². The Bertz CT molecular complexity index is 369. The number of rotatable bonds is 16. The quantitative estimate of drug-likeness (QED) is 0.396.